The van der Waals surface area contributed by atoms with Crippen LogP contribution in [0.5, 0.6) is 5.75 Å². The summed E-state index contributed by atoms with van der Waals surface area (Å²) in [4.78, 5) is 18.3. The van der Waals surface area contributed by atoms with E-state index < -0.39 is 0 Å². The van der Waals surface area contributed by atoms with Crippen LogP contribution in [0.2, 0.25) is 0 Å². The van der Waals surface area contributed by atoms with Gasteiger partial charge in [-0.2, -0.15) is 0 Å². The Morgan fingerprint density at radius 3 is 2.66 bits per heavy atom. The van der Waals surface area contributed by atoms with Crippen molar-refractivity contribution in [2.45, 2.75) is 13.5 Å². The average Bonchev–Trinajstić information content (AvgIpc) is 3.44. The van der Waals surface area contributed by atoms with E-state index >= 15 is 0 Å². The van der Waals surface area contributed by atoms with Gasteiger partial charge in [-0.05, 0) is 31.2 Å². The maximum atomic E-state index is 12.8. The molecule has 0 radical (unpaired) electrons. The van der Waals surface area contributed by atoms with E-state index in [2.05, 4.69) is 11.9 Å². The zero-order valence-corrected chi connectivity index (χ0v) is 18.7. The summed E-state index contributed by atoms with van der Waals surface area (Å²) in [6.45, 7) is 6.47. The van der Waals surface area contributed by atoms with Crippen LogP contribution in [0.25, 0.3) is 11.3 Å². The molecule has 0 fully saturated rings. The molecule has 6 nitrogen and oxygen atoms in total. The van der Waals surface area contributed by atoms with Crippen LogP contribution in [0, 0.1) is 6.92 Å². The number of aromatic nitrogens is 1. The van der Waals surface area contributed by atoms with Gasteiger partial charge in [0.25, 0.3) is 5.91 Å². The monoisotopic (exact) mass is 445 g/mol. The minimum Gasteiger partial charge on any atom is -0.494 e. The topological polar surface area (TPSA) is 68.8 Å². The molecular formula is C25H23N3O3S. The lowest BCUT2D eigenvalue weighted by atomic mass is 10.1. The second kappa shape index (κ2) is 9.53. The molecule has 2 aromatic heterocycles. The largest absolute Gasteiger partial charge is 0.494 e. The van der Waals surface area contributed by atoms with E-state index in [0.29, 0.717) is 27.8 Å². The molecule has 0 bridgehead atoms. The van der Waals surface area contributed by atoms with Crippen molar-refractivity contribution in [2.75, 3.05) is 12.4 Å². The minimum absolute atomic E-state index is 0.242. The molecule has 0 saturated heterocycles. The van der Waals surface area contributed by atoms with E-state index in [4.69, 9.17) is 14.1 Å². The first kappa shape index (κ1) is 21.4. The Kier molecular flexibility index (Phi) is 6.37. The number of anilines is 1. The summed E-state index contributed by atoms with van der Waals surface area (Å²) in [6.07, 6.45) is 3.29. The van der Waals surface area contributed by atoms with Gasteiger partial charge in [0.2, 0.25) is 0 Å². The fourth-order valence-electron chi connectivity index (χ4n) is 3.28. The molecule has 2 heterocycles. The molecule has 162 valence electrons. The molecule has 0 unspecified atom stereocenters. The highest BCUT2D eigenvalue weighted by Gasteiger charge is 2.19. The Morgan fingerprint density at radius 2 is 1.97 bits per heavy atom. The van der Waals surface area contributed by atoms with Crippen LogP contribution in [0.15, 0.2) is 89.0 Å². The number of thiazole rings is 1. The third-order valence-electron chi connectivity index (χ3n) is 4.82. The quantitative estimate of drug-likeness (QED) is 0.366. The maximum absolute atomic E-state index is 12.8. The number of nitrogens with one attached hydrogen (secondary N) is 1. The first-order valence-corrected chi connectivity index (χ1v) is 10.9. The SMILES string of the molecule is C=CCn1c(-c2ccc(C)cc2)c(NC(=O)c2ccco2)sc1=Nc1ccccc1OC. The van der Waals surface area contributed by atoms with Gasteiger partial charge in [0.1, 0.15) is 16.4 Å². The zero-order chi connectivity index (χ0) is 22.5. The van der Waals surface area contributed by atoms with Gasteiger partial charge in [-0.25, -0.2) is 4.99 Å². The molecule has 0 saturated carbocycles. The van der Waals surface area contributed by atoms with Crippen molar-refractivity contribution < 1.29 is 13.9 Å². The summed E-state index contributed by atoms with van der Waals surface area (Å²) in [5, 5.41) is 3.67. The molecule has 32 heavy (non-hydrogen) atoms. The summed E-state index contributed by atoms with van der Waals surface area (Å²) in [5.41, 5.74) is 3.67. The van der Waals surface area contributed by atoms with Crippen molar-refractivity contribution in [2.24, 2.45) is 4.99 Å². The van der Waals surface area contributed by atoms with Gasteiger partial charge in [-0.1, -0.05) is 59.4 Å². The molecule has 0 aliphatic heterocycles. The Morgan fingerprint density at radius 1 is 1.19 bits per heavy atom. The highest BCUT2D eigenvalue weighted by molar-refractivity contribution is 7.14. The van der Waals surface area contributed by atoms with Gasteiger partial charge in [0.05, 0.1) is 19.1 Å². The van der Waals surface area contributed by atoms with Crippen molar-refractivity contribution in [3.05, 3.63) is 95.7 Å². The number of para-hydroxylation sites is 2. The van der Waals surface area contributed by atoms with E-state index in [0.717, 1.165) is 16.8 Å². The number of rotatable bonds is 7. The summed E-state index contributed by atoms with van der Waals surface area (Å²) in [7, 11) is 1.62. The number of aryl methyl sites for hydroxylation is 1. The van der Waals surface area contributed by atoms with Crippen LogP contribution in [0.4, 0.5) is 10.7 Å². The summed E-state index contributed by atoms with van der Waals surface area (Å²) < 4.78 is 12.8. The van der Waals surface area contributed by atoms with Crippen molar-refractivity contribution in [1.29, 1.82) is 0 Å². The normalized spacial score (nSPS) is 11.4. The lowest BCUT2D eigenvalue weighted by molar-refractivity contribution is 0.0997. The zero-order valence-electron chi connectivity index (χ0n) is 17.9. The van der Waals surface area contributed by atoms with Crippen LogP contribution in [0.3, 0.4) is 0 Å². The Bertz CT molecular complexity index is 1300. The number of nitrogens with zero attached hydrogens (tertiary/aromatic N) is 2. The summed E-state index contributed by atoms with van der Waals surface area (Å²) >= 11 is 1.38. The first-order chi connectivity index (χ1) is 15.6. The number of allylic oxidation sites excluding steroid dienone is 1. The maximum Gasteiger partial charge on any atom is 0.292 e. The van der Waals surface area contributed by atoms with Gasteiger partial charge in [-0.15, -0.1) is 6.58 Å². The Labute approximate surface area is 190 Å². The number of amides is 1. The molecular weight excluding hydrogens is 422 g/mol. The fraction of sp³-hybridized carbons (Fsp3) is 0.120. The Hall–Kier alpha value is -3.84. The fourth-order valence-corrected chi connectivity index (χ4v) is 4.35. The molecule has 0 aliphatic carbocycles. The number of ether oxygens (including phenoxy) is 1. The standard InChI is InChI=1S/C25H23N3O3S/c1-4-15-28-22(18-13-11-17(2)12-14-18)24(27-23(29)21-10-7-16-31-21)32-25(28)26-19-8-5-6-9-20(19)30-3/h4-14,16H,1,15H2,2-3H3,(H,27,29). The van der Waals surface area contributed by atoms with E-state index in [-0.39, 0.29) is 11.7 Å². The average molecular weight is 446 g/mol. The van der Waals surface area contributed by atoms with Gasteiger partial charge in [0.15, 0.2) is 10.6 Å². The molecule has 4 rings (SSSR count). The van der Waals surface area contributed by atoms with Crippen molar-refractivity contribution >= 4 is 27.9 Å². The molecule has 0 atom stereocenters. The van der Waals surface area contributed by atoms with Crippen LogP contribution < -0.4 is 14.9 Å². The molecule has 4 aromatic rings. The van der Waals surface area contributed by atoms with E-state index in [1.807, 2.05) is 66.1 Å². The van der Waals surface area contributed by atoms with Crippen molar-refractivity contribution in [1.82, 2.24) is 4.57 Å². The highest BCUT2D eigenvalue weighted by atomic mass is 32.1. The van der Waals surface area contributed by atoms with E-state index in [9.17, 15) is 4.79 Å². The first-order valence-electron chi connectivity index (χ1n) is 10.0. The van der Waals surface area contributed by atoms with E-state index in [1.165, 1.54) is 17.6 Å². The molecule has 0 aliphatic rings. The van der Waals surface area contributed by atoms with Crippen LogP contribution >= 0.6 is 11.3 Å². The third kappa shape index (κ3) is 4.43. The van der Waals surface area contributed by atoms with Gasteiger partial charge in [0, 0.05) is 12.1 Å². The van der Waals surface area contributed by atoms with Crippen molar-refractivity contribution in [3.63, 3.8) is 0 Å². The molecule has 2 aromatic carbocycles. The molecule has 7 heteroatoms. The van der Waals surface area contributed by atoms with Gasteiger partial charge < -0.3 is 19.0 Å². The number of furan rings is 1. The van der Waals surface area contributed by atoms with Gasteiger partial charge in [-0.3, -0.25) is 4.79 Å². The highest BCUT2D eigenvalue weighted by Crippen LogP contribution is 2.33. The van der Waals surface area contributed by atoms with Crippen LogP contribution in [-0.4, -0.2) is 17.6 Å². The molecule has 1 amide bonds. The number of hydrogen-bond acceptors (Lipinski definition) is 5. The van der Waals surface area contributed by atoms with Gasteiger partial charge >= 0.3 is 0 Å². The van der Waals surface area contributed by atoms with Crippen molar-refractivity contribution in [3.8, 4) is 17.0 Å². The predicted molar refractivity (Wildman–Crippen MR) is 128 cm³/mol. The second-order valence-electron chi connectivity index (χ2n) is 7.04. The van der Waals surface area contributed by atoms with E-state index in [1.54, 1.807) is 19.2 Å². The van der Waals surface area contributed by atoms with Crippen LogP contribution in [0.1, 0.15) is 16.1 Å². The lowest BCUT2D eigenvalue weighted by Gasteiger charge is -2.10. The predicted octanol–water partition coefficient (Wildman–Crippen LogP) is 5.80. The summed E-state index contributed by atoms with van der Waals surface area (Å²) in [5.74, 6) is 0.593. The second-order valence-corrected chi connectivity index (χ2v) is 8.02. The Balaban J connectivity index is 1.92. The number of carbonyl (C=O) groups is 1. The number of methoxy groups -OCH3 is 1. The molecule has 0 spiro atoms. The minimum atomic E-state index is -0.320. The third-order valence-corrected chi connectivity index (χ3v) is 5.81. The lowest BCUT2D eigenvalue weighted by Crippen LogP contribution is -2.15. The number of benzene rings is 2. The molecule has 1 N–H and O–H groups in total. The van der Waals surface area contributed by atoms with Crippen LogP contribution in [-0.2, 0) is 6.54 Å². The summed E-state index contributed by atoms with van der Waals surface area (Å²) in [6, 6.07) is 19.0. The number of hydrogen-bond donors (Lipinski definition) is 1. The number of carbonyl (C=O) groups excluding carboxylic acids is 1. The smallest absolute Gasteiger partial charge is 0.292 e.